The minimum atomic E-state index is -2.60. The SMILES string of the molecule is Cn1ccc2[nH]c(C(=O)N=S(C)(=O)C3CC(O)C3)cc21. The maximum atomic E-state index is 12.4. The molecule has 0 spiro atoms. The standard InChI is InChI=1S/C13H17N3O3S/c1-16-4-3-10-12(16)7-11(14-10)13(18)15-20(2,19)9-5-8(17)6-9/h3-4,7-9,14,17H,5-6H2,1-2H3. The average molecular weight is 295 g/mol. The monoisotopic (exact) mass is 295 g/mol. The highest BCUT2D eigenvalue weighted by Gasteiger charge is 2.34. The number of nitrogens with zero attached hydrogens (tertiary/aromatic N) is 2. The molecule has 2 heterocycles. The summed E-state index contributed by atoms with van der Waals surface area (Å²) in [5.41, 5.74) is 2.11. The second kappa shape index (κ2) is 4.46. The van der Waals surface area contributed by atoms with E-state index in [1.165, 1.54) is 6.26 Å². The van der Waals surface area contributed by atoms with E-state index in [1.807, 2.05) is 23.9 Å². The largest absolute Gasteiger partial charge is 0.393 e. The van der Waals surface area contributed by atoms with Crippen LogP contribution in [-0.4, -0.2) is 42.4 Å². The number of carbonyl (C=O) groups excluding carboxylic acids is 1. The van der Waals surface area contributed by atoms with Gasteiger partial charge in [0.15, 0.2) is 0 Å². The Morgan fingerprint density at radius 2 is 2.25 bits per heavy atom. The number of hydrogen-bond donors (Lipinski definition) is 2. The molecule has 0 saturated heterocycles. The summed E-state index contributed by atoms with van der Waals surface area (Å²) in [5.74, 6) is -0.491. The molecule has 1 saturated carbocycles. The molecule has 7 heteroatoms. The summed E-state index contributed by atoms with van der Waals surface area (Å²) >= 11 is 0. The molecule has 108 valence electrons. The summed E-state index contributed by atoms with van der Waals surface area (Å²) in [6.07, 6.45) is 3.90. The smallest absolute Gasteiger partial charge is 0.301 e. The van der Waals surface area contributed by atoms with Crippen LogP contribution in [0.25, 0.3) is 11.0 Å². The van der Waals surface area contributed by atoms with Crippen LogP contribution in [0.4, 0.5) is 0 Å². The number of aromatic amines is 1. The third-order valence-electron chi connectivity index (χ3n) is 3.85. The van der Waals surface area contributed by atoms with Crippen molar-refractivity contribution in [3.05, 3.63) is 24.0 Å². The van der Waals surface area contributed by atoms with E-state index in [4.69, 9.17) is 0 Å². The van der Waals surface area contributed by atoms with E-state index in [0.29, 0.717) is 18.5 Å². The molecule has 0 aliphatic heterocycles. The summed E-state index contributed by atoms with van der Waals surface area (Å²) in [5, 5.41) is 9.08. The lowest BCUT2D eigenvalue weighted by Gasteiger charge is -2.31. The summed E-state index contributed by atoms with van der Waals surface area (Å²) in [6, 6.07) is 3.59. The number of aromatic nitrogens is 2. The van der Waals surface area contributed by atoms with Gasteiger partial charge in [0.1, 0.15) is 5.69 Å². The number of H-pyrrole nitrogens is 1. The Labute approximate surface area is 117 Å². The summed E-state index contributed by atoms with van der Waals surface area (Å²) in [6.45, 7) is 0. The highest BCUT2D eigenvalue weighted by Crippen LogP contribution is 2.28. The number of aryl methyl sites for hydroxylation is 1. The first-order valence-corrected chi connectivity index (χ1v) is 8.43. The number of rotatable bonds is 2. The van der Waals surface area contributed by atoms with Gasteiger partial charge in [-0.1, -0.05) is 0 Å². The van der Waals surface area contributed by atoms with Crippen molar-refractivity contribution < 1.29 is 14.1 Å². The van der Waals surface area contributed by atoms with Crippen molar-refractivity contribution in [3.8, 4) is 0 Å². The number of nitrogens with one attached hydrogen (secondary N) is 1. The van der Waals surface area contributed by atoms with E-state index in [0.717, 1.165) is 11.0 Å². The lowest BCUT2D eigenvalue weighted by molar-refractivity contribution is 0.0968. The molecule has 1 unspecified atom stereocenters. The van der Waals surface area contributed by atoms with Crippen LogP contribution in [0, 0.1) is 0 Å². The molecular weight excluding hydrogens is 278 g/mol. The van der Waals surface area contributed by atoms with Crippen LogP contribution in [0.2, 0.25) is 0 Å². The van der Waals surface area contributed by atoms with E-state index in [-0.39, 0.29) is 5.25 Å². The van der Waals surface area contributed by atoms with Crippen LogP contribution in [0.1, 0.15) is 23.3 Å². The Balaban J connectivity index is 1.90. The zero-order valence-electron chi connectivity index (χ0n) is 11.4. The minimum absolute atomic E-state index is 0.189. The fourth-order valence-corrected chi connectivity index (χ4v) is 4.18. The van der Waals surface area contributed by atoms with Crippen molar-refractivity contribution in [2.24, 2.45) is 11.4 Å². The van der Waals surface area contributed by atoms with Crippen molar-refractivity contribution >= 4 is 26.7 Å². The second-order valence-corrected chi connectivity index (χ2v) is 7.98. The molecule has 0 radical (unpaired) electrons. The zero-order valence-corrected chi connectivity index (χ0v) is 12.2. The molecule has 2 N–H and O–H groups in total. The highest BCUT2D eigenvalue weighted by molar-refractivity contribution is 7.93. The van der Waals surface area contributed by atoms with Crippen molar-refractivity contribution in [1.29, 1.82) is 0 Å². The van der Waals surface area contributed by atoms with Gasteiger partial charge >= 0.3 is 5.91 Å². The normalized spacial score (nSPS) is 25.1. The second-order valence-electron chi connectivity index (χ2n) is 5.41. The first-order chi connectivity index (χ1) is 9.37. The fourth-order valence-electron chi connectivity index (χ4n) is 2.44. The molecule has 2 aromatic heterocycles. The van der Waals surface area contributed by atoms with Crippen molar-refractivity contribution in [1.82, 2.24) is 9.55 Å². The molecule has 2 aromatic rings. The number of carbonyl (C=O) groups is 1. The van der Waals surface area contributed by atoms with Gasteiger partial charge in [-0.2, -0.15) is 4.36 Å². The van der Waals surface area contributed by atoms with Crippen LogP contribution in [0.5, 0.6) is 0 Å². The first-order valence-electron chi connectivity index (χ1n) is 6.44. The molecule has 1 amide bonds. The molecule has 1 aliphatic rings. The molecule has 1 atom stereocenters. The molecule has 1 fully saturated rings. The average Bonchev–Trinajstić information content (AvgIpc) is 2.87. The maximum Gasteiger partial charge on any atom is 0.301 e. The van der Waals surface area contributed by atoms with Gasteiger partial charge in [-0.05, 0) is 25.0 Å². The Bertz CT molecular complexity index is 789. The summed E-state index contributed by atoms with van der Waals surface area (Å²) < 4.78 is 18.2. The van der Waals surface area contributed by atoms with Crippen LogP contribution >= 0.6 is 0 Å². The summed E-state index contributed by atoms with van der Waals surface area (Å²) in [7, 11) is -0.707. The topological polar surface area (TPSA) is 87.5 Å². The van der Waals surface area contributed by atoms with Crippen LogP contribution in [0.3, 0.4) is 0 Å². The molecule has 1 aliphatic carbocycles. The molecule has 3 rings (SSSR count). The predicted molar refractivity (Wildman–Crippen MR) is 77.1 cm³/mol. The van der Waals surface area contributed by atoms with Gasteiger partial charge in [0.05, 0.1) is 26.9 Å². The van der Waals surface area contributed by atoms with Gasteiger partial charge in [0, 0.05) is 24.8 Å². The fraction of sp³-hybridized carbons (Fsp3) is 0.462. The van der Waals surface area contributed by atoms with E-state index in [1.54, 1.807) is 6.07 Å². The Morgan fingerprint density at radius 1 is 1.55 bits per heavy atom. The van der Waals surface area contributed by atoms with E-state index < -0.39 is 21.7 Å². The first kappa shape index (κ1) is 13.4. The van der Waals surface area contributed by atoms with Crippen LogP contribution < -0.4 is 0 Å². The van der Waals surface area contributed by atoms with Gasteiger partial charge in [-0.3, -0.25) is 4.79 Å². The van der Waals surface area contributed by atoms with E-state index >= 15 is 0 Å². The van der Waals surface area contributed by atoms with Gasteiger partial charge in [-0.15, -0.1) is 0 Å². The third-order valence-corrected chi connectivity index (χ3v) is 6.00. The number of amides is 1. The number of aliphatic hydroxyl groups is 1. The lowest BCUT2D eigenvalue weighted by Crippen LogP contribution is -2.39. The molecule has 6 nitrogen and oxygen atoms in total. The predicted octanol–water partition coefficient (Wildman–Crippen LogP) is 1.27. The van der Waals surface area contributed by atoms with Crippen molar-refractivity contribution in [2.75, 3.05) is 6.26 Å². The maximum absolute atomic E-state index is 12.4. The van der Waals surface area contributed by atoms with Gasteiger partial charge in [-0.25, -0.2) is 4.21 Å². The number of aliphatic hydroxyl groups excluding tert-OH is 1. The molecule has 20 heavy (non-hydrogen) atoms. The Hall–Kier alpha value is -1.60. The van der Waals surface area contributed by atoms with Crippen LogP contribution in [0.15, 0.2) is 22.7 Å². The van der Waals surface area contributed by atoms with Crippen molar-refractivity contribution in [2.45, 2.75) is 24.2 Å². The minimum Gasteiger partial charge on any atom is -0.393 e. The summed E-state index contributed by atoms with van der Waals surface area (Å²) in [4.78, 5) is 15.1. The zero-order chi connectivity index (χ0) is 14.5. The molecule has 0 aromatic carbocycles. The van der Waals surface area contributed by atoms with Gasteiger partial charge in [0.25, 0.3) is 0 Å². The number of fused-ring (bicyclic) bond motifs is 1. The van der Waals surface area contributed by atoms with E-state index in [9.17, 15) is 14.1 Å². The molecule has 0 bridgehead atoms. The Kier molecular flexibility index (Phi) is 2.98. The van der Waals surface area contributed by atoms with Crippen LogP contribution in [-0.2, 0) is 16.8 Å². The number of hydrogen-bond acceptors (Lipinski definition) is 3. The van der Waals surface area contributed by atoms with Gasteiger partial charge in [0.2, 0.25) is 0 Å². The highest BCUT2D eigenvalue weighted by atomic mass is 32.2. The van der Waals surface area contributed by atoms with Gasteiger partial charge < -0.3 is 14.7 Å². The lowest BCUT2D eigenvalue weighted by atomic mass is 9.96. The third kappa shape index (κ3) is 2.16. The quantitative estimate of drug-likeness (QED) is 0.874. The Morgan fingerprint density at radius 3 is 2.85 bits per heavy atom. The molecular formula is C13H17N3O3S. The van der Waals surface area contributed by atoms with Crippen molar-refractivity contribution in [3.63, 3.8) is 0 Å². The van der Waals surface area contributed by atoms with E-state index in [2.05, 4.69) is 9.35 Å².